The predicted molar refractivity (Wildman–Crippen MR) is 76.8 cm³/mol. The quantitative estimate of drug-likeness (QED) is 0.777. The first-order chi connectivity index (χ1) is 8.66. The van der Waals surface area contributed by atoms with Crippen molar-refractivity contribution in [3.8, 4) is 10.6 Å². The Morgan fingerprint density at radius 2 is 2.22 bits per heavy atom. The predicted octanol–water partition coefficient (Wildman–Crippen LogP) is 3.88. The van der Waals surface area contributed by atoms with E-state index in [1.54, 1.807) is 18.3 Å². The summed E-state index contributed by atoms with van der Waals surface area (Å²) < 4.78 is 2.90. The summed E-state index contributed by atoms with van der Waals surface area (Å²) >= 11 is 5.07. The molecule has 0 spiro atoms. The van der Waals surface area contributed by atoms with Crippen molar-refractivity contribution in [1.29, 1.82) is 0 Å². The average Bonchev–Trinajstić information content (AvgIpc) is 2.94. The molecular formula is C13H11BrN2OS. The molecule has 5 heteroatoms. The molecule has 0 aliphatic heterocycles. The lowest BCUT2D eigenvalue weighted by molar-refractivity contribution is 0.194. The molecule has 3 aromatic heterocycles. The SMILES string of the molecule is CC(O)c1c(-c2cccs2)nc2ccc(Br)cn12. The first-order valence-electron chi connectivity index (χ1n) is 5.56. The summed E-state index contributed by atoms with van der Waals surface area (Å²) in [5, 5.41) is 12.0. The number of aliphatic hydroxyl groups is 1. The van der Waals surface area contributed by atoms with Crippen molar-refractivity contribution < 1.29 is 5.11 Å². The molecule has 1 unspecified atom stereocenters. The molecule has 18 heavy (non-hydrogen) atoms. The number of thiophene rings is 1. The topological polar surface area (TPSA) is 37.5 Å². The van der Waals surface area contributed by atoms with E-state index in [4.69, 9.17) is 0 Å². The molecule has 0 aromatic carbocycles. The van der Waals surface area contributed by atoms with E-state index >= 15 is 0 Å². The molecule has 0 amide bonds. The van der Waals surface area contributed by atoms with Gasteiger partial charge >= 0.3 is 0 Å². The Labute approximate surface area is 117 Å². The summed E-state index contributed by atoms with van der Waals surface area (Å²) in [6.45, 7) is 1.77. The lowest BCUT2D eigenvalue weighted by Crippen LogP contribution is -1.98. The maximum Gasteiger partial charge on any atom is 0.137 e. The Kier molecular flexibility index (Phi) is 2.97. The van der Waals surface area contributed by atoms with Crippen molar-refractivity contribution in [2.45, 2.75) is 13.0 Å². The lowest BCUT2D eigenvalue weighted by atomic mass is 10.2. The highest BCUT2D eigenvalue weighted by molar-refractivity contribution is 9.10. The highest BCUT2D eigenvalue weighted by atomic mass is 79.9. The van der Waals surface area contributed by atoms with Gasteiger partial charge in [0.05, 0.1) is 16.7 Å². The first kappa shape index (κ1) is 11.9. The number of nitrogens with zero attached hydrogens (tertiary/aromatic N) is 2. The lowest BCUT2D eigenvalue weighted by Gasteiger charge is -2.06. The van der Waals surface area contributed by atoms with E-state index in [0.29, 0.717) is 0 Å². The second kappa shape index (κ2) is 4.50. The van der Waals surface area contributed by atoms with Crippen LogP contribution in [0, 0.1) is 0 Å². The van der Waals surface area contributed by atoms with Gasteiger partial charge in [0, 0.05) is 10.7 Å². The van der Waals surface area contributed by atoms with Crippen molar-refractivity contribution in [3.05, 3.63) is 46.0 Å². The summed E-state index contributed by atoms with van der Waals surface area (Å²) in [5.41, 5.74) is 2.53. The zero-order valence-corrected chi connectivity index (χ0v) is 12.1. The minimum atomic E-state index is -0.564. The minimum Gasteiger partial charge on any atom is -0.387 e. The third-order valence-corrected chi connectivity index (χ3v) is 4.12. The molecular weight excluding hydrogens is 312 g/mol. The summed E-state index contributed by atoms with van der Waals surface area (Å²) in [5.74, 6) is 0. The van der Waals surface area contributed by atoms with Gasteiger partial charge in [0.2, 0.25) is 0 Å². The number of aromatic nitrogens is 2. The van der Waals surface area contributed by atoms with E-state index in [9.17, 15) is 5.11 Å². The fourth-order valence-electron chi connectivity index (χ4n) is 2.03. The van der Waals surface area contributed by atoms with Crippen molar-refractivity contribution in [1.82, 2.24) is 9.38 Å². The van der Waals surface area contributed by atoms with E-state index in [0.717, 1.165) is 26.4 Å². The average molecular weight is 323 g/mol. The standard InChI is InChI=1S/C13H11BrN2OS/c1-8(17)13-12(10-3-2-6-18-10)15-11-5-4-9(14)7-16(11)13/h2-8,17H,1H3. The number of halogens is 1. The molecule has 3 aromatic rings. The van der Waals surface area contributed by atoms with Gasteiger partial charge in [-0.2, -0.15) is 0 Å². The molecule has 0 bridgehead atoms. The molecule has 0 aliphatic rings. The van der Waals surface area contributed by atoms with Crippen LogP contribution in [0.15, 0.2) is 40.3 Å². The highest BCUT2D eigenvalue weighted by Gasteiger charge is 2.18. The normalized spacial score (nSPS) is 13.1. The van der Waals surface area contributed by atoms with Crippen LogP contribution < -0.4 is 0 Å². The summed E-state index contributed by atoms with van der Waals surface area (Å²) in [6, 6.07) is 7.90. The van der Waals surface area contributed by atoms with Gasteiger partial charge in [-0.3, -0.25) is 4.40 Å². The Hall–Kier alpha value is -1.17. The number of rotatable bonds is 2. The van der Waals surface area contributed by atoms with Crippen LogP contribution in [-0.4, -0.2) is 14.5 Å². The molecule has 0 radical (unpaired) electrons. The molecule has 1 atom stereocenters. The van der Waals surface area contributed by atoms with E-state index in [2.05, 4.69) is 20.9 Å². The van der Waals surface area contributed by atoms with Crippen LogP contribution >= 0.6 is 27.3 Å². The van der Waals surface area contributed by atoms with Gasteiger partial charge in [-0.25, -0.2) is 4.98 Å². The monoisotopic (exact) mass is 322 g/mol. The number of pyridine rings is 1. The summed E-state index contributed by atoms with van der Waals surface area (Å²) in [6.07, 6.45) is 1.37. The summed E-state index contributed by atoms with van der Waals surface area (Å²) in [4.78, 5) is 5.68. The Balaban J connectivity index is 2.35. The largest absolute Gasteiger partial charge is 0.387 e. The second-order valence-corrected chi connectivity index (χ2v) is 5.94. The van der Waals surface area contributed by atoms with Crippen LogP contribution in [-0.2, 0) is 0 Å². The maximum atomic E-state index is 10.0. The Morgan fingerprint density at radius 3 is 2.89 bits per heavy atom. The smallest absolute Gasteiger partial charge is 0.137 e. The fraction of sp³-hybridized carbons (Fsp3) is 0.154. The highest BCUT2D eigenvalue weighted by Crippen LogP contribution is 2.32. The van der Waals surface area contributed by atoms with Gasteiger partial charge in [-0.1, -0.05) is 6.07 Å². The van der Waals surface area contributed by atoms with E-state index < -0.39 is 6.10 Å². The molecule has 0 saturated carbocycles. The molecule has 3 rings (SSSR count). The number of aliphatic hydroxyl groups excluding tert-OH is 1. The molecule has 0 saturated heterocycles. The van der Waals surface area contributed by atoms with Crippen molar-refractivity contribution in [2.24, 2.45) is 0 Å². The maximum absolute atomic E-state index is 10.0. The van der Waals surface area contributed by atoms with Crippen LogP contribution in [0.1, 0.15) is 18.7 Å². The van der Waals surface area contributed by atoms with Crippen LogP contribution in [0.3, 0.4) is 0 Å². The zero-order valence-electron chi connectivity index (χ0n) is 9.67. The van der Waals surface area contributed by atoms with Gasteiger partial charge in [-0.15, -0.1) is 11.3 Å². The van der Waals surface area contributed by atoms with Gasteiger partial charge in [0.25, 0.3) is 0 Å². The molecule has 1 N–H and O–H groups in total. The van der Waals surface area contributed by atoms with Crippen molar-refractivity contribution >= 4 is 32.9 Å². The zero-order chi connectivity index (χ0) is 12.7. The number of hydrogen-bond donors (Lipinski definition) is 1. The third-order valence-electron chi connectivity index (χ3n) is 2.77. The van der Waals surface area contributed by atoms with Crippen LogP contribution in [0.4, 0.5) is 0 Å². The van der Waals surface area contributed by atoms with E-state index in [1.165, 1.54) is 0 Å². The molecule has 3 heterocycles. The molecule has 3 nitrogen and oxygen atoms in total. The van der Waals surface area contributed by atoms with Crippen LogP contribution in [0.25, 0.3) is 16.2 Å². The van der Waals surface area contributed by atoms with Crippen molar-refractivity contribution in [3.63, 3.8) is 0 Å². The van der Waals surface area contributed by atoms with Gasteiger partial charge in [0.1, 0.15) is 11.3 Å². The van der Waals surface area contributed by atoms with Crippen LogP contribution in [0.2, 0.25) is 0 Å². The van der Waals surface area contributed by atoms with Crippen molar-refractivity contribution in [2.75, 3.05) is 0 Å². The van der Waals surface area contributed by atoms with Crippen LogP contribution in [0.5, 0.6) is 0 Å². The summed E-state index contributed by atoms with van der Waals surface area (Å²) in [7, 11) is 0. The van der Waals surface area contributed by atoms with Gasteiger partial charge < -0.3 is 5.11 Å². The number of imidazole rings is 1. The Morgan fingerprint density at radius 1 is 1.39 bits per heavy atom. The number of fused-ring (bicyclic) bond motifs is 1. The second-order valence-electron chi connectivity index (χ2n) is 4.07. The Bertz CT molecular complexity index is 688. The molecule has 92 valence electrons. The minimum absolute atomic E-state index is 0.564. The van der Waals surface area contributed by atoms with E-state index in [1.807, 2.05) is 40.2 Å². The fourth-order valence-corrected chi connectivity index (χ4v) is 3.09. The van der Waals surface area contributed by atoms with E-state index in [-0.39, 0.29) is 0 Å². The first-order valence-corrected chi connectivity index (χ1v) is 7.23. The number of hydrogen-bond acceptors (Lipinski definition) is 3. The third kappa shape index (κ3) is 1.88. The molecule has 0 fully saturated rings. The van der Waals surface area contributed by atoms with Gasteiger partial charge in [-0.05, 0) is 46.4 Å². The molecule has 0 aliphatic carbocycles. The van der Waals surface area contributed by atoms with Gasteiger partial charge in [0.15, 0.2) is 0 Å².